The van der Waals surface area contributed by atoms with Crippen LogP contribution in [0, 0.1) is 12.8 Å². The Morgan fingerprint density at radius 3 is 1.87 bits per heavy atom. The van der Waals surface area contributed by atoms with E-state index in [4.69, 9.17) is 15.6 Å². The Bertz CT molecular complexity index is 1360. The molecule has 63 heavy (non-hydrogen) atoms. The van der Waals surface area contributed by atoms with Crippen LogP contribution in [0.25, 0.3) is 0 Å². The molecule has 1 aromatic carbocycles. The maximum absolute atomic E-state index is 11.7. The molecule has 2 unspecified atom stereocenters. The highest BCUT2D eigenvalue weighted by Gasteiger charge is 2.24. The number of aldehydes is 1. The van der Waals surface area contributed by atoms with Crippen LogP contribution in [0.1, 0.15) is 79.2 Å². The number of aliphatic hydroxyl groups excluding tert-OH is 1. The molecule has 1 fully saturated rings. The van der Waals surface area contributed by atoms with E-state index in [-0.39, 0.29) is 25.5 Å². The average Bonchev–Trinajstić information content (AvgIpc) is 3.94. The number of terminal acetylenes is 1. The Balaban J connectivity index is -0.000000245. The molecule has 0 aliphatic carbocycles. The molecule has 0 radical (unpaired) electrons. The molecule has 1 saturated heterocycles. The lowest BCUT2D eigenvalue weighted by Gasteiger charge is -2.21. The summed E-state index contributed by atoms with van der Waals surface area (Å²) in [5.41, 5.74) is 7.35. The second kappa shape index (κ2) is 52.1. The number of ether oxygens (including phenoxy) is 1. The second-order valence-corrected chi connectivity index (χ2v) is 13.0. The number of hydrogen-bond acceptors (Lipinski definition) is 12. The molecule has 1 heterocycles. The molecule has 1 aliphatic rings. The summed E-state index contributed by atoms with van der Waals surface area (Å²) in [6, 6.07) is 8.77. The van der Waals surface area contributed by atoms with Crippen LogP contribution in [0.4, 0.5) is 15.3 Å². The summed E-state index contributed by atoms with van der Waals surface area (Å²) >= 11 is 0. The van der Waals surface area contributed by atoms with Crippen LogP contribution in [-0.2, 0) is 35.3 Å². The molecule has 358 valence electrons. The number of ketones is 1. The van der Waals surface area contributed by atoms with E-state index in [2.05, 4.69) is 71.8 Å². The number of unbranched alkanes of at least 4 members (excludes halogenated alkanes) is 2. The van der Waals surface area contributed by atoms with E-state index in [1.54, 1.807) is 17.9 Å². The van der Waals surface area contributed by atoms with Gasteiger partial charge >= 0.3 is 12.1 Å². The first-order valence-electron chi connectivity index (χ1n) is 20.7. The lowest BCUT2D eigenvalue weighted by atomic mass is 10.1. The third kappa shape index (κ3) is 54.0. The normalized spacial score (nSPS) is 12.2. The molecule has 2 atom stereocenters. The summed E-state index contributed by atoms with van der Waals surface area (Å²) < 4.78 is 5.14. The molecule has 1 aromatic rings. The zero-order valence-corrected chi connectivity index (χ0v) is 38.9. The van der Waals surface area contributed by atoms with Gasteiger partial charge < -0.3 is 62.0 Å². The van der Waals surface area contributed by atoms with Gasteiger partial charge in [0.05, 0.1) is 13.2 Å². The minimum Gasteiger partial charge on any atom is -0.445 e. The number of nitrogens with two attached hydrogens (primary N) is 1. The van der Waals surface area contributed by atoms with Gasteiger partial charge in [-0.15, -0.1) is 19.4 Å². The van der Waals surface area contributed by atoms with E-state index in [0.717, 1.165) is 55.4 Å². The van der Waals surface area contributed by atoms with Gasteiger partial charge in [-0.2, -0.15) is 0 Å². The number of alkyl carbamates (subject to hydrolysis) is 1. The third-order valence-corrected chi connectivity index (χ3v) is 7.67. The number of Topliss-reactive ketones (excluding diaryl/α,β-unsaturated/α-hetero) is 1. The van der Waals surface area contributed by atoms with Crippen LogP contribution < -0.4 is 37.6 Å². The first-order valence-corrected chi connectivity index (χ1v) is 20.7. The van der Waals surface area contributed by atoms with Gasteiger partial charge in [-0.1, -0.05) is 44.2 Å². The van der Waals surface area contributed by atoms with E-state index >= 15 is 0 Å². The number of nitrogens with one attached hydrogen (secondary N) is 6. The van der Waals surface area contributed by atoms with Gasteiger partial charge in [-0.3, -0.25) is 19.3 Å². The van der Waals surface area contributed by atoms with Crippen LogP contribution in [0.2, 0.25) is 0 Å². The van der Waals surface area contributed by atoms with E-state index in [0.29, 0.717) is 77.0 Å². The van der Waals surface area contributed by atoms with Crippen molar-refractivity contribution in [3.8, 4) is 12.8 Å². The summed E-state index contributed by atoms with van der Waals surface area (Å²) in [5.74, 6) is 0.227. The van der Waals surface area contributed by atoms with Crippen LogP contribution in [-0.4, -0.2) is 136 Å². The predicted octanol–water partition coefficient (Wildman–Crippen LogP) is 3.48. The second-order valence-electron chi connectivity index (χ2n) is 13.0. The number of primary amides is 1. The molecule has 0 bridgehead atoms. The van der Waals surface area contributed by atoms with Crippen molar-refractivity contribution in [2.45, 2.75) is 92.3 Å². The van der Waals surface area contributed by atoms with Crippen molar-refractivity contribution in [1.82, 2.24) is 36.4 Å². The Hall–Kier alpha value is -6.03. The van der Waals surface area contributed by atoms with Crippen molar-refractivity contribution >= 4 is 49.1 Å². The van der Waals surface area contributed by atoms with Crippen LogP contribution in [0.5, 0.6) is 0 Å². The van der Waals surface area contributed by atoms with Gasteiger partial charge in [0.2, 0.25) is 19.2 Å². The van der Waals surface area contributed by atoms with Gasteiger partial charge in [-0.05, 0) is 77.7 Å². The molecule has 2 rings (SSSR count). The molecule has 1 aliphatic heterocycles. The number of benzene rings is 1. The Morgan fingerprint density at radius 2 is 1.48 bits per heavy atom. The fourth-order valence-corrected chi connectivity index (χ4v) is 4.13. The smallest absolute Gasteiger partial charge is 0.407 e. The van der Waals surface area contributed by atoms with Crippen LogP contribution in [0.3, 0.4) is 0 Å². The third-order valence-electron chi connectivity index (χ3n) is 7.67. The zero-order chi connectivity index (χ0) is 49.1. The van der Waals surface area contributed by atoms with E-state index in [1.807, 2.05) is 69.1 Å². The molecule has 0 aromatic heterocycles. The van der Waals surface area contributed by atoms with Crippen LogP contribution in [0.15, 0.2) is 61.3 Å². The summed E-state index contributed by atoms with van der Waals surface area (Å²) in [4.78, 5) is 75.4. The minimum atomic E-state index is -0.484. The highest BCUT2D eigenvalue weighted by atomic mass is 16.5. The minimum absolute atomic E-state index is 0.0220. The molecule has 18 nitrogen and oxygen atoms in total. The summed E-state index contributed by atoms with van der Waals surface area (Å²) in [6.07, 6.45) is 19.8. The van der Waals surface area contributed by atoms with Gasteiger partial charge in [0.25, 0.3) is 0 Å². The molecule has 18 heteroatoms. The number of carbonyl (C=O) groups excluding carboxylic acids is 7. The number of amides is 6. The SMILES string of the molecule is C#C.C=C(/C=C\C)N(C=O)CCCCCC(C)=O.C=CC.CC1NC1C.CCCNC(N)=O.CNc1ccc(COC(=O)NCCN(CCO)CCNC=O)cc1.O=CCNC=O. The number of urea groups is 1. The summed E-state index contributed by atoms with van der Waals surface area (Å²) in [7, 11) is 1.84. The standard InChI is InChI=1S/C16H26N4O4.C13H21NO2.C4H10N2O.C4H9N.C3H5NO2.C3H6.C2H2/c1-17-15-4-2-14(3-5-15)12-24-16(23)19-7-9-20(10-11-21)8-6-18-13-22;1-4-8-12(2)14(11-15)10-7-5-6-9-13(3)16;1-2-3-6-4(5)7;1-3-4(2)5-3;5-2-1-4-3-6;1-3-2;1-2/h2-5,13,17,21H,6-12H2,1H3,(H,18,22)(H,19,23);4,8,11H,2,5-7,9-10H2,1,3H3;2-3H2,1H3,(H3,5,6,7);3-5H,1-2H3;2-3H,1H2,(H,4,6);3H,1H2,2H3;1-2H/b;8-4-;;;;;. The quantitative estimate of drug-likeness (QED) is 0.0166. The summed E-state index contributed by atoms with van der Waals surface area (Å²) in [6.45, 7) is 23.1. The number of anilines is 1. The zero-order valence-electron chi connectivity index (χ0n) is 38.9. The maximum atomic E-state index is 11.7. The molecular weight excluding hydrogens is 811 g/mol. The number of hydrogen-bond donors (Lipinski definition) is 8. The highest BCUT2D eigenvalue weighted by Crippen LogP contribution is 2.10. The predicted molar refractivity (Wildman–Crippen MR) is 253 cm³/mol. The monoisotopic (exact) mass is 890 g/mol. The van der Waals surface area contributed by atoms with E-state index in [9.17, 15) is 33.6 Å². The fraction of sp³-hybridized carbons (Fsp3) is 0.533. The molecule has 0 saturated carbocycles. The molecule has 9 N–H and O–H groups in total. The number of carbonyl (C=O) groups is 7. The lowest BCUT2D eigenvalue weighted by Crippen LogP contribution is -2.39. The van der Waals surface area contributed by atoms with Crippen molar-refractivity contribution in [2.75, 3.05) is 71.3 Å². The van der Waals surface area contributed by atoms with Gasteiger partial charge in [-0.25, -0.2) is 9.59 Å². The topological polar surface area (TPSA) is 264 Å². The number of allylic oxidation sites excluding steroid dienone is 3. The van der Waals surface area contributed by atoms with Gasteiger partial charge in [0.1, 0.15) is 18.7 Å². The largest absolute Gasteiger partial charge is 0.445 e. The number of rotatable bonds is 26. The van der Waals surface area contributed by atoms with Crippen molar-refractivity contribution < 1.29 is 43.4 Å². The molecular formula is C45H79N9O9. The van der Waals surface area contributed by atoms with Gasteiger partial charge in [0, 0.05) is 82.7 Å². The van der Waals surface area contributed by atoms with E-state index in [1.165, 1.54) is 0 Å². The maximum Gasteiger partial charge on any atom is 0.407 e. The fourth-order valence-electron chi connectivity index (χ4n) is 4.13. The van der Waals surface area contributed by atoms with E-state index < -0.39 is 12.1 Å². The Kier molecular flexibility index (Phi) is 54.7. The Labute approximate surface area is 377 Å². The van der Waals surface area contributed by atoms with Crippen molar-refractivity contribution in [2.24, 2.45) is 5.73 Å². The first kappa shape index (κ1) is 66.1. The molecule has 0 spiro atoms. The average molecular weight is 890 g/mol. The van der Waals surface area contributed by atoms with Crippen molar-refractivity contribution in [3.63, 3.8) is 0 Å². The van der Waals surface area contributed by atoms with Gasteiger partial charge in [0.15, 0.2) is 0 Å². The number of nitrogens with zero attached hydrogens (tertiary/aromatic N) is 2. The van der Waals surface area contributed by atoms with Crippen molar-refractivity contribution in [3.05, 3.63) is 66.9 Å². The molecule has 6 amide bonds. The van der Waals surface area contributed by atoms with Crippen molar-refractivity contribution in [1.29, 1.82) is 0 Å². The lowest BCUT2D eigenvalue weighted by molar-refractivity contribution is -0.117. The first-order chi connectivity index (χ1) is 30.2. The number of aliphatic hydroxyl groups is 1. The Morgan fingerprint density at radius 1 is 0.905 bits per heavy atom. The highest BCUT2D eigenvalue weighted by molar-refractivity contribution is 5.75. The van der Waals surface area contributed by atoms with Crippen LogP contribution >= 0.6 is 0 Å². The summed E-state index contributed by atoms with van der Waals surface area (Å²) in [5, 5.41) is 25.0.